The van der Waals surface area contributed by atoms with Crippen molar-refractivity contribution in [2.45, 2.75) is 18.8 Å². The van der Waals surface area contributed by atoms with Gasteiger partial charge in [0.1, 0.15) is 5.75 Å². The van der Waals surface area contributed by atoms with Crippen LogP contribution in [0.25, 0.3) is 0 Å². The molecule has 1 unspecified atom stereocenters. The van der Waals surface area contributed by atoms with Crippen molar-refractivity contribution in [1.29, 1.82) is 0 Å². The van der Waals surface area contributed by atoms with Crippen LogP contribution in [0.3, 0.4) is 0 Å². The van der Waals surface area contributed by atoms with Crippen LogP contribution in [0.1, 0.15) is 23.5 Å². The third-order valence-corrected chi connectivity index (χ3v) is 4.16. The van der Waals surface area contributed by atoms with Crippen molar-refractivity contribution < 1.29 is 9.53 Å². The lowest BCUT2D eigenvalue weighted by atomic mass is 9.97. The van der Waals surface area contributed by atoms with E-state index in [4.69, 9.17) is 16.3 Å². The van der Waals surface area contributed by atoms with Crippen molar-refractivity contribution in [1.82, 2.24) is 5.32 Å². The van der Waals surface area contributed by atoms with E-state index in [0.717, 1.165) is 18.7 Å². The largest absolute Gasteiger partial charge is 0.426 e. The van der Waals surface area contributed by atoms with Gasteiger partial charge in [0, 0.05) is 11.6 Å². The second-order valence-corrected chi connectivity index (χ2v) is 5.97. The van der Waals surface area contributed by atoms with Crippen LogP contribution >= 0.6 is 11.6 Å². The van der Waals surface area contributed by atoms with E-state index in [1.807, 2.05) is 12.1 Å². The maximum atomic E-state index is 11.9. The van der Waals surface area contributed by atoms with Crippen LogP contribution in [0.15, 0.2) is 48.5 Å². The number of ether oxygens (including phenoxy) is 1. The van der Waals surface area contributed by atoms with E-state index >= 15 is 0 Å². The minimum Gasteiger partial charge on any atom is -0.426 e. The molecule has 4 heteroatoms. The first-order chi connectivity index (χ1) is 10.7. The van der Waals surface area contributed by atoms with Gasteiger partial charge in [-0.05, 0) is 54.3 Å². The summed E-state index contributed by atoms with van der Waals surface area (Å²) in [4.78, 5) is 11.9. The smallest absolute Gasteiger partial charge is 0.315 e. The first-order valence-electron chi connectivity index (χ1n) is 7.46. The average Bonchev–Trinajstić information content (AvgIpc) is 3.05. The van der Waals surface area contributed by atoms with Gasteiger partial charge in [0.05, 0.1) is 6.42 Å². The molecule has 1 heterocycles. The molecule has 1 saturated heterocycles. The summed E-state index contributed by atoms with van der Waals surface area (Å²) in [5.74, 6) is 0.843. The Morgan fingerprint density at radius 2 is 1.86 bits per heavy atom. The SMILES string of the molecule is O=C(Cc1ccc(C2CCNC2)cc1)Oc1ccc(Cl)cc1. The molecule has 1 N–H and O–H groups in total. The molecule has 3 nitrogen and oxygen atoms in total. The fourth-order valence-electron chi connectivity index (χ4n) is 2.68. The summed E-state index contributed by atoms with van der Waals surface area (Å²) >= 11 is 5.80. The van der Waals surface area contributed by atoms with Gasteiger partial charge in [-0.2, -0.15) is 0 Å². The Labute approximate surface area is 135 Å². The summed E-state index contributed by atoms with van der Waals surface area (Å²) in [7, 11) is 0. The van der Waals surface area contributed by atoms with Crippen molar-refractivity contribution in [2.75, 3.05) is 13.1 Å². The molecule has 22 heavy (non-hydrogen) atoms. The van der Waals surface area contributed by atoms with Crippen LogP contribution < -0.4 is 10.1 Å². The Balaban J connectivity index is 1.57. The van der Waals surface area contributed by atoms with Crippen LogP contribution in [0, 0.1) is 0 Å². The molecule has 0 bridgehead atoms. The van der Waals surface area contributed by atoms with E-state index in [-0.39, 0.29) is 12.4 Å². The second kappa shape index (κ2) is 6.95. The number of esters is 1. The summed E-state index contributed by atoms with van der Waals surface area (Å²) in [6, 6.07) is 15.0. The minimum atomic E-state index is -0.266. The van der Waals surface area contributed by atoms with Crippen LogP contribution in [0.4, 0.5) is 0 Å². The standard InChI is InChI=1S/C18H18ClNO2/c19-16-5-7-17(8-6-16)22-18(21)11-13-1-3-14(4-2-13)15-9-10-20-12-15/h1-8,15,20H,9-12H2. The number of carbonyl (C=O) groups is 1. The van der Waals surface area contributed by atoms with E-state index in [9.17, 15) is 4.79 Å². The number of hydrogen-bond acceptors (Lipinski definition) is 3. The van der Waals surface area contributed by atoms with E-state index < -0.39 is 0 Å². The van der Waals surface area contributed by atoms with Crippen molar-refractivity contribution in [3.63, 3.8) is 0 Å². The van der Waals surface area contributed by atoms with Gasteiger partial charge in [0.25, 0.3) is 0 Å². The zero-order valence-electron chi connectivity index (χ0n) is 12.2. The predicted octanol–water partition coefficient (Wildman–Crippen LogP) is 3.57. The van der Waals surface area contributed by atoms with E-state index in [0.29, 0.717) is 16.7 Å². The van der Waals surface area contributed by atoms with Gasteiger partial charge in [-0.1, -0.05) is 35.9 Å². The first kappa shape index (κ1) is 15.1. The molecule has 0 amide bonds. The van der Waals surface area contributed by atoms with Crippen molar-refractivity contribution in [3.05, 3.63) is 64.7 Å². The van der Waals surface area contributed by atoms with Crippen molar-refractivity contribution in [2.24, 2.45) is 0 Å². The second-order valence-electron chi connectivity index (χ2n) is 5.54. The van der Waals surface area contributed by atoms with Gasteiger partial charge in [-0.15, -0.1) is 0 Å². The maximum absolute atomic E-state index is 11.9. The van der Waals surface area contributed by atoms with Gasteiger partial charge in [-0.25, -0.2) is 0 Å². The molecule has 1 fully saturated rings. The molecular formula is C18H18ClNO2. The number of hydrogen-bond donors (Lipinski definition) is 1. The lowest BCUT2D eigenvalue weighted by Crippen LogP contribution is -2.11. The van der Waals surface area contributed by atoms with Gasteiger partial charge in [-0.3, -0.25) is 4.79 Å². The molecule has 3 rings (SSSR count). The van der Waals surface area contributed by atoms with Crippen molar-refractivity contribution >= 4 is 17.6 Å². The van der Waals surface area contributed by atoms with E-state index in [2.05, 4.69) is 17.4 Å². The highest BCUT2D eigenvalue weighted by Gasteiger charge is 2.16. The quantitative estimate of drug-likeness (QED) is 0.692. The molecule has 0 aliphatic carbocycles. The topological polar surface area (TPSA) is 38.3 Å². The summed E-state index contributed by atoms with van der Waals surface area (Å²) in [6.07, 6.45) is 1.45. The van der Waals surface area contributed by atoms with Crippen LogP contribution in [0.5, 0.6) is 5.75 Å². The Bertz CT molecular complexity index is 631. The molecule has 0 saturated carbocycles. The first-order valence-corrected chi connectivity index (χ1v) is 7.84. The zero-order chi connectivity index (χ0) is 15.4. The van der Waals surface area contributed by atoms with Gasteiger partial charge >= 0.3 is 5.97 Å². The highest BCUT2D eigenvalue weighted by molar-refractivity contribution is 6.30. The van der Waals surface area contributed by atoms with E-state index in [1.165, 1.54) is 12.0 Å². The van der Waals surface area contributed by atoms with Crippen LogP contribution in [-0.2, 0) is 11.2 Å². The average molecular weight is 316 g/mol. The lowest BCUT2D eigenvalue weighted by molar-refractivity contribution is -0.133. The highest BCUT2D eigenvalue weighted by Crippen LogP contribution is 2.22. The molecule has 1 aliphatic rings. The molecular weight excluding hydrogens is 298 g/mol. The van der Waals surface area contributed by atoms with Gasteiger partial charge in [0.15, 0.2) is 0 Å². The highest BCUT2D eigenvalue weighted by atomic mass is 35.5. The maximum Gasteiger partial charge on any atom is 0.315 e. The van der Waals surface area contributed by atoms with Gasteiger partial charge < -0.3 is 10.1 Å². The zero-order valence-corrected chi connectivity index (χ0v) is 13.0. The molecule has 0 spiro atoms. The van der Waals surface area contributed by atoms with Crippen LogP contribution in [-0.4, -0.2) is 19.1 Å². The fourth-order valence-corrected chi connectivity index (χ4v) is 2.81. The lowest BCUT2D eigenvalue weighted by Gasteiger charge is -2.09. The van der Waals surface area contributed by atoms with Gasteiger partial charge in [0.2, 0.25) is 0 Å². The number of benzene rings is 2. The van der Waals surface area contributed by atoms with E-state index in [1.54, 1.807) is 24.3 Å². The number of halogens is 1. The molecule has 1 aliphatic heterocycles. The summed E-state index contributed by atoms with van der Waals surface area (Å²) in [5, 5.41) is 3.99. The minimum absolute atomic E-state index is 0.266. The summed E-state index contributed by atoms with van der Waals surface area (Å²) in [5.41, 5.74) is 2.30. The third-order valence-electron chi connectivity index (χ3n) is 3.91. The number of carbonyl (C=O) groups excluding carboxylic acids is 1. The van der Waals surface area contributed by atoms with Crippen LogP contribution in [0.2, 0.25) is 5.02 Å². The molecule has 114 valence electrons. The van der Waals surface area contributed by atoms with Crippen molar-refractivity contribution in [3.8, 4) is 5.75 Å². The Hall–Kier alpha value is -1.84. The molecule has 2 aromatic carbocycles. The fraction of sp³-hybridized carbons (Fsp3) is 0.278. The molecule has 0 aromatic heterocycles. The Morgan fingerprint density at radius 3 is 2.50 bits per heavy atom. The number of rotatable bonds is 4. The monoisotopic (exact) mass is 315 g/mol. The Morgan fingerprint density at radius 1 is 1.14 bits per heavy atom. The third kappa shape index (κ3) is 3.87. The Kier molecular flexibility index (Phi) is 4.76. The normalized spacial score (nSPS) is 17.4. The number of nitrogens with one attached hydrogen (secondary N) is 1. The molecule has 0 radical (unpaired) electrons. The summed E-state index contributed by atoms with van der Waals surface area (Å²) < 4.78 is 5.30. The molecule has 2 aromatic rings. The summed E-state index contributed by atoms with van der Waals surface area (Å²) in [6.45, 7) is 2.12. The molecule has 1 atom stereocenters. The predicted molar refractivity (Wildman–Crippen MR) is 87.5 cm³/mol.